The predicted octanol–water partition coefficient (Wildman–Crippen LogP) is 2.49. The molecule has 0 radical (unpaired) electrons. The second kappa shape index (κ2) is 10.3. The zero-order chi connectivity index (χ0) is 26.1. The first-order valence-electron chi connectivity index (χ1n) is 11.9. The van der Waals surface area contributed by atoms with E-state index in [1.165, 1.54) is 12.5 Å². The van der Waals surface area contributed by atoms with Gasteiger partial charge in [0.05, 0.1) is 36.1 Å². The smallest absolute Gasteiger partial charge is 0.295 e. The fourth-order valence-corrected chi connectivity index (χ4v) is 4.41. The monoisotopic (exact) mass is 521 g/mol. The van der Waals surface area contributed by atoms with Crippen molar-refractivity contribution in [2.45, 2.75) is 56.5 Å². The Morgan fingerprint density at radius 2 is 2.00 bits per heavy atom. The highest BCUT2D eigenvalue weighted by molar-refractivity contribution is 7.82. The Labute approximate surface area is 215 Å². The molecular weight excluding hydrogens is 494 g/mol. The molecule has 1 saturated carbocycles. The van der Waals surface area contributed by atoms with E-state index in [0.29, 0.717) is 51.4 Å². The van der Waals surface area contributed by atoms with Gasteiger partial charge in [0.1, 0.15) is 28.4 Å². The van der Waals surface area contributed by atoms with E-state index in [-0.39, 0.29) is 24.0 Å². The van der Waals surface area contributed by atoms with Crippen LogP contribution in [0, 0.1) is 0 Å². The van der Waals surface area contributed by atoms with E-state index < -0.39 is 11.0 Å². The molecule has 3 N–H and O–H groups in total. The van der Waals surface area contributed by atoms with E-state index >= 15 is 0 Å². The van der Waals surface area contributed by atoms with E-state index in [9.17, 15) is 9.00 Å². The molecule has 4 aromatic heterocycles. The second-order valence-electron chi connectivity index (χ2n) is 8.85. The Kier molecular flexibility index (Phi) is 6.89. The minimum absolute atomic E-state index is 0.143. The number of hydrogen-bond donors (Lipinski definition) is 2. The SMILES string of the molecule is CCC(C)n1c(=O)c(NCc2ccc(S(N)=O)cn2)nc2cnc(-c3c(OC)ncnc3C3CC3)nc21. The molecule has 2 unspecified atom stereocenters. The van der Waals surface area contributed by atoms with Crippen LogP contribution in [0.4, 0.5) is 5.82 Å². The number of methoxy groups -OCH3 is 1. The molecule has 1 aliphatic carbocycles. The standard InChI is InChI=1S/C24H27N9O3S/c1-4-13(2)33-22-17(31-21(24(33)34)27-9-15-7-8-16(10-26-15)37(25)35)11-28-20(32-22)18-19(14-5-6-14)29-12-30-23(18)36-3/h7-8,10-14H,4-6,9,25H2,1-3H3,(H,27,31). The average molecular weight is 522 g/mol. The highest BCUT2D eigenvalue weighted by Gasteiger charge is 2.31. The third-order valence-corrected chi connectivity index (χ3v) is 7.06. The van der Waals surface area contributed by atoms with Gasteiger partial charge in [0, 0.05) is 18.2 Å². The number of aromatic nitrogens is 7. The van der Waals surface area contributed by atoms with E-state index in [1.807, 2.05) is 13.8 Å². The number of fused-ring (bicyclic) bond motifs is 1. The van der Waals surface area contributed by atoms with E-state index in [0.717, 1.165) is 18.5 Å². The summed E-state index contributed by atoms with van der Waals surface area (Å²) in [5, 5.41) is 8.46. The Morgan fingerprint density at radius 1 is 1.19 bits per heavy atom. The van der Waals surface area contributed by atoms with Crippen molar-refractivity contribution in [3.63, 3.8) is 0 Å². The number of anilines is 1. The Morgan fingerprint density at radius 3 is 2.65 bits per heavy atom. The molecule has 12 nitrogen and oxygen atoms in total. The number of ether oxygens (including phenoxy) is 1. The lowest BCUT2D eigenvalue weighted by molar-refractivity contribution is 0.397. The van der Waals surface area contributed by atoms with Crippen LogP contribution in [0.1, 0.15) is 56.5 Å². The minimum Gasteiger partial charge on any atom is -0.480 e. The van der Waals surface area contributed by atoms with Gasteiger partial charge in [-0.25, -0.2) is 34.3 Å². The lowest BCUT2D eigenvalue weighted by atomic mass is 10.1. The van der Waals surface area contributed by atoms with Gasteiger partial charge in [0.25, 0.3) is 5.56 Å². The maximum Gasteiger partial charge on any atom is 0.295 e. The molecule has 13 heteroatoms. The Balaban J connectivity index is 1.57. The highest BCUT2D eigenvalue weighted by Crippen LogP contribution is 2.44. The molecule has 0 aromatic carbocycles. The van der Waals surface area contributed by atoms with Crippen molar-refractivity contribution in [2.75, 3.05) is 12.4 Å². The summed E-state index contributed by atoms with van der Waals surface area (Å²) in [7, 11) is -0.0517. The minimum atomic E-state index is -1.60. The van der Waals surface area contributed by atoms with Crippen molar-refractivity contribution in [1.29, 1.82) is 0 Å². The first-order valence-corrected chi connectivity index (χ1v) is 13.2. The van der Waals surface area contributed by atoms with Crippen molar-refractivity contribution in [1.82, 2.24) is 34.5 Å². The fraction of sp³-hybridized carbons (Fsp3) is 0.375. The third kappa shape index (κ3) is 4.91. The zero-order valence-electron chi connectivity index (χ0n) is 20.7. The van der Waals surface area contributed by atoms with Crippen molar-refractivity contribution in [3.8, 4) is 17.3 Å². The second-order valence-corrected chi connectivity index (χ2v) is 9.92. The molecule has 0 saturated heterocycles. The van der Waals surface area contributed by atoms with Gasteiger partial charge in [-0.05, 0) is 38.3 Å². The molecule has 2 atom stereocenters. The number of pyridine rings is 1. The summed E-state index contributed by atoms with van der Waals surface area (Å²) in [5.74, 6) is 1.28. The van der Waals surface area contributed by atoms with Gasteiger partial charge in [0.2, 0.25) is 5.88 Å². The van der Waals surface area contributed by atoms with Crippen LogP contribution in [0.25, 0.3) is 22.6 Å². The molecule has 0 aliphatic heterocycles. The van der Waals surface area contributed by atoms with E-state index in [1.54, 1.807) is 30.0 Å². The van der Waals surface area contributed by atoms with Crippen LogP contribution in [0.15, 0.2) is 40.5 Å². The van der Waals surface area contributed by atoms with Gasteiger partial charge in [0.15, 0.2) is 17.3 Å². The molecule has 0 spiro atoms. The van der Waals surface area contributed by atoms with E-state index in [4.69, 9.17) is 14.9 Å². The van der Waals surface area contributed by atoms with Crippen LogP contribution in [-0.2, 0) is 17.5 Å². The van der Waals surface area contributed by atoms with Crippen LogP contribution in [0.3, 0.4) is 0 Å². The van der Waals surface area contributed by atoms with Gasteiger partial charge >= 0.3 is 0 Å². The predicted molar refractivity (Wildman–Crippen MR) is 138 cm³/mol. The number of nitrogens with two attached hydrogens (primary N) is 1. The number of rotatable bonds is 9. The summed E-state index contributed by atoms with van der Waals surface area (Å²) in [4.78, 5) is 40.9. The van der Waals surface area contributed by atoms with Crippen LogP contribution in [0.5, 0.6) is 5.88 Å². The van der Waals surface area contributed by atoms with Crippen molar-refractivity contribution in [2.24, 2.45) is 5.14 Å². The first kappa shape index (κ1) is 24.8. The normalized spacial score (nSPS) is 14.9. The number of nitrogens with zero attached hydrogens (tertiary/aromatic N) is 7. The largest absolute Gasteiger partial charge is 0.480 e. The highest BCUT2D eigenvalue weighted by atomic mass is 32.2. The average Bonchev–Trinajstić information content (AvgIpc) is 3.76. The van der Waals surface area contributed by atoms with Gasteiger partial charge in [-0.2, -0.15) is 0 Å². The Bertz CT molecular complexity index is 1540. The Hall–Kier alpha value is -3.84. The third-order valence-electron chi connectivity index (χ3n) is 6.35. The number of nitrogens with one attached hydrogen (secondary N) is 1. The summed E-state index contributed by atoms with van der Waals surface area (Å²) in [5.41, 5.74) is 2.73. The van der Waals surface area contributed by atoms with Crippen molar-refractivity contribution < 1.29 is 8.95 Å². The maximum absolute atomic E-state index is 13.6. The summed E-state index contributed by atoms with van der Waals surface area (Å²) >= 11 is 0. The quantitative estimate of drug-likeness (QED) is 0.334. The molecule has 0 bridgehead atoms. The summed E-state index contributed by atoms with van der Waals surface area (Å²) < 4.78 is 18.5. The molecule has 37 heavy (non-hydrogen) atoms. The van der Waals surface area contributed by atoms with Crippen LogP contribution in [0.2, 0.25) is 0 Å². The summed E-state index contributed by atoms with van der Waals surface area (Å²) in [6.07, 6.45) is 7.33. The van der Waals surface area contributed by atoms with Crippen molar-refractivity contribution in [3.05, 3.63) is 52.6 Å². The maximum atomic E-state index is 13.6. The topological polar surface area (TPSA) is 164 Å². The van der Waals surface area contributed by atoms with Crippen LogP contribution in [-0.4, -0.2) is 45.8 Å². The van der Waals surface area contributed by atoms with Gasteiger partial charge in [-0.15, -0.1) is 0 Å². The fourth-order valence-electron chi connectivity index (χ4n) is 4.05. The molecule has 5 rings (SSSR count). The molecule has 1 fully saturated rings. The lowest BCUT2D eigenvalue weighted by Gasteiger charge is -2.18. The molecule has 0 amide bonds. The van der Waals surface area contributed by atoms with Crippen LogP contribution >= 0.6 is 0 Å². The molecular formula is C24H27N9O3S. The van der Waals surface area contributed by atoms with Crippen molar-refractivity contribution >= 4 is 28.0 Å². The zero-order valence-corrected chi connectivity index (χ0v) is 21.5. The lowest BCUT2D eigenvalue weighted by Crippen LogP contribution is -2.28. The summed E-state index contributed by atoms with van der Waals surface area (Å²) in [6.45, 7) is 4.21. The summed E-state index contributed by atoms with van der Waals surface area (Å²) in [6, 6.07) is 3.19. The first-order chi connectivity index (χ1) is 17.9. The van der Waals surface area contributed by atoms with Gasteiger partial charge < -0.3 is 10.1 Å². The molecule has 4 heterocycles. The molecule has 4 aromatic rings. The van der Waals surface area contributed by atoms with Crippen LogP contribution < -0.4 is 20.8 Å². The molecule has 1 aliphatic rings. The van der Waals surface area contributed by atoms with E-state index in [2.05, 4.69) is 30.2 Å². The number of hydrogen-bond acceptors (Lipinski definition) is 10. The van der Waals surface area contributed by atoms with Gasteiger partial charge in [-0.3, -0.25) is 14.3 Å². The molecule has 192 valence electrons. The van der Waals surface area contributed by atoms with Gasteiger partial charge in [-0.1, -0.05) is 6.92 Å².